The molecule has 0 atom stereocenters. The molecule has 16 heavy (non-hydrogen) atoms. The van der Waals surface area contributed by atoms with E-state index in [9.17, 15) is 0 Å². The van der Waals surface area contributed by atoms with Crippen LogP contribution in [0.2, 0.25) is 0 Å². The molecule has 0 amide bonds. The molecule has 0 aromatic carbocycles. The van der Waals surface area contributed by atoms with Crippen LogP contribution in [0.4, 0.5) is 4.79 Å². The summed E-state index contributed by atoms with van der Waals surface area (Å²) >= 11 is 2.65. The summed E-state index contributed by atoms with van der Waals surface area (Å²) in [4.78, 5) is 8.56. The molecule has 0 saturated carbocycles. The summed E-state index contributed by atoms with van der Waals surface area (Å²) in [6, 6.07) is 0. The Morgan fingerprint density at radius 1 is 0.875 bits per heavy atom. The summed E-state index contributed by atoms with van der Waals surface area (Å²) in [6.45, 7) is 0. The van der Waals surface area contributed by atoms with Crippen LogP contribution in [0.3, 0.4) is 0 Å². The van der Waals surface area contributed by atoms with Crippen molar-refractivity contribution in [2.24, 2.45) is 0 Å². The van der Waals surface area contributed by atoms with Crippen LogP contribution in [-0.4, -0.2) is 116 Å². The van der Waals surface area contributed by atoms with E-state index >= 15 is 0 Å². The zero-order valence-corrected chi connectivity index (χ0v) is 8.13. The van der Waals surface area contributed by atoms with Crippen molar-refractivity contribution in [2.45, 2.75) is 0 Å². The maximum atomic E-state index is 9.05. The molecule has 0 rings (SSSR count). The Bertz CT molecular complexity index is 164. The van der Waals surface area contributed by atoms with Gasteiger partial charge in [-0.15, -0.1) is 0 Å². The molecule has 0 aliphatic carbocycles. The fourth-order valence-corrected chi connectivity index (χ4v) is 0. The second-order valence-corrected chi connectivity index (χ2v) is 3.01. The number of carboxylic acid groups (broad SMARTS) is 2. The van der Waals surface area contributed by atoms with Crippen LogP contribution >= 0.6 is 11.7 Å². The second kappa shape index (κ2) is 36.0. The van der Waals surface area contributed by atoms with Gasteiger partial charge in [-0.3, -0.25) is 4.55 Å². The van der Waals surface area contributed by atoms with E-state index in [2.05, 4.69) is 11.7 Å². The van der Waals surface area contributed by atoms with Crippen molar-refractivity contribution >= 4 is 86.1 Å². The summed E-state index contributed by atoms with van der Waals surface area (Å²) in [6.07, 6.45) is -1.83. The molecule has 13 N–H and O–H groups in total. The van der Waals surface area contributed by atoms with Crippen LogP contribution < -0.4 is 0 Å². The molecular weight excluding hydrogens is 298 g/mol. The average molecular weight is 314 g/mol. The van der Waals surface area contributed by atoms with E-state index in [-0.39, 0.29) is 86.5 Å². The van der Waals surface area contributed by atoms with Crippen molar-refractivity contribution in [2.75, 3.05) is 0 Å². The molecule has 0 unspecified atom stereocenters. The summed E-state index contributed by atoms with van der Waals surface area (Å²) in [5.41, 5.74) is 0. The first kappa shape index (κ1) is 66.6. The third-order valence-electron chi connectivity index (χ3n) is 0. The number of rotatable bonds is 0. The fourth-order valence-electron chi connectivity index (χ4n) is 0. The molecule has 0 aliphatic heterocycles. The van der Waals surface area contributed by atoms with Gasteiger partial charge in [-0.1, -0.05) is 0 Å². The second-order valence-electron chi connectivity index (χ2n) is 0.730. The van der Waals surface area contributed by atoms with Gasteiger partial charge >= 0.3 is 74.4 Å². The van der Waals surface area contributed by atoms with Gasteiger partial charge in [-0.05, 0) is 11.7 Å². The molecule has 0 aliphatic rings. The number of hydrogen-bond acceptors (Lipinski definition) is 3. The van der Waals surface area contributed by atoms with Crippen LogP contribution in [0.25, 0.3) is 0 Å². The van der Waals surface area contributed by atoms with E-state index in [0.717, 1.165) is 0 Å². The number of carbonyl (C=O) groups is 1. The Balaban J connectivity index is -0.00000000614. The molecule has 11 nitrogen and oxygen atoms in total. The molecule has 0 heterocycles. The Morgan fingerprint density at radius 3 is 0.875 bits per heavy atom. The number of hydrogen-bond donors (Lipinski definition) is 4. The molecule has 0 fully saturated rings. The Kier molecular flexibility index (Phi) is 150. The van der Waals surface area contributed by atoms with Gasteiger partial charge in [0.25, 0.3) is 0 Å². The molecule has 0 saturated heterocycles. The third-order valence-corrected chi connectivity index (χ3v) is 0. The predicted molar refractivity (Wildman–Crippen MR) is 63.6 cm³/mol. The van der Waals surface area contributed by atoms with Crippen molar-refractivity contribution < 1.29 is 55.4 Å². The Morgan fingerprint density at radius 2 is 0.875 bits per heavy atom. The summed E-state index contributed by atoms with van der Waals surface area (Å²) in [5, 5.41) is 13.9. The zero-order valence-electron chi connectivity index (χ0n) is 6.42. The quantitative estimate of drug-likeness (QED) is 0.146. The Hall–Kier alpha value is 1.33. The minimum absolute atomic E-state index is 0. The molecule has 0 bridgehead atoms. The first-order chi connectivity index (χ1) is 3.73. The van der Waals surface area contributed by atoms with Crippen LogP contribution in [-0.2, 0) is 9.15 Å². The zero-order chi connectivity index (χ0) is 8.08. The van der Waals surface area contributed by atoms with Crippen molar-refractivity contribution in [3.63, 3.8) is 0 Å². The van der Waals surface area contributed by atoms with E-state index in [0.29, 0.717) is 0 Å². The van der Waals surface area contributed by atoms with Crippen molar-refractivity contribution in [3.05, 3.63) is 0 Å². The Labute approximate surface area is 140 Å². The first-order valence-electron chi connectivity index (χ1n) is 1.35. The normalized spacial score (nSPS) is 5.12. The SMILES string of the molecule is O.O.O.O.O.O=C(O)O.O=S(=O)(O)S.[NaH].[NaH]. The van der Waals surface area contributed by atoms with Gasteiger partial charge in [0.2, 0.25) is 0 Å². The van der Waals surface area contributed by atoms with Gasteiger partial charge < -0.3 is 37.6 Å². The molecule has 15 heteroatoms. The van der Waals surface area contributed by atoms with Crippen molar-refractivity contribution in [1.82, 2.24) is 0 Å². The standard InChI is InChI=1S/CH2O3.2Na.H2O3S2.5H2O.2H/c2-1(3)4;;;1-5(2,3)4;;;;;;;/h(H2,2,3,4);;;(H2,1,2,3,4);5*1H2;;. The molecule has 0 spiro atoms. The van der Waals surface area contributed by atoms with Gasteiger partial charge in [0.1, 0.15) is 0 Å². The molecule has 100 valence electrons. The maximum absolute atomic E-state index is 9.05. The van der Waals surface area contributed by atoms with Crippen LogP contribution in [0.15, 0.2) is 0 Å². The van der Waals surface area contributed by atoms with E-state index in [1.807, 2.05) is 0 Å². The van der Waals surface area contributed by atoms with Crippen molar-refractivity contribution in [1.29, 1.82) is 0 Å². The fraction of sp³-hybridized carbons (Fsp3) is 0. The van der Waals surface area contributed by atoms with E-state index in [1.54, 1.807) is 0 Å². The molecule has 0 radical (unpaired) electrons. The van der Waals surface area contributed by atoms with Gasteiger partial charge in [0.15, 0.2) is 0 Å². The van der Waals surface area contributed by atoms with Gasteiger partial charge in [0, 0.05) is 0 Å². The van der Waals surface area contributed by atoms with Crippen LogP contribution in [0.5, 0.6) is 0 Å². The molecule has 0 aromatic rings. The average Bonchev–Trinajstić information content (AvgIpc) is 1.19. The monoisotopic (exact) mass is 314 g/mol. The first-order valence-corrected chi connectivity index (χ1v) is 3.84. The number of thiol groups is 1. The molecule has 0 aromatic heterocycles. The van der Waals surface area contributed by atoms with Gasteiger partial charge in [-0.25, -0.2) is 4.79 Å². The van der Waals surface area contributed by atoms with Gasteiger partial charge in [0.05, 0.1) is 0 Å². The van der Waals surface area contributed by atoms with Gasteiger partial charge in [-0.2, -0.15) is 8.42 Å². The summed E-state index contributed by atoms with van der Waals surface area (Å²) < 4.78 is 25.5. The van der Waals surface area contributed by atoms with E-state index in [4.69, 9.17) is 28.0 Å². The topological polar surface area (TPSA) is 269 Å². The van der Waals surface area contributed by atoms with Crippen LogP contribution in [0, 0.1) is 0 Å². The van der Waals surface area contributed by atoms with E-state index < -0.39 is 15.3 Å². The van der Waals surface area contributed by atoms with Crippen molar-refractivity contribution in [3.8, 4) is 0 Å². The van der Waals surface area contributed by atoms with Crippen LogP contribution in [0.1, 0.15) is 0 Å². The third kappa shape index (κ3) is 1780. The van der Waals surface area contributed by atoms with E-state index in [1.165, 1.54) is 0 Å². The predicted octanol–water partition coefficient (Wildman–Crippen LogP) is -5.48. The minimum atomic E-state index is -3.97. The molecular formula is CH16Na2O11S2. The summed E-state index contributed by atoms with van der Waals surface area (Å²) in [5.74, 6) is 0. The summed E-state index contributed by atoms with van der Waals surface area (Å²) in [7, 11) is -3.97.